The third-order valence-electron chi connectivity index (χ3n) is 4.89. The number of ether oxygens (including phenoxy) is 2. The SMILES string of the molecule is O=C(CN(C[C@H]1CCCO1)C[C@@H]1CCCO1)NC(=O)NCc1ccccc1. The molecular formula is C20H29N3O4. The van der Waals surface area contributed by atoms with Gasteiger partial charge in [0.15, 0.2) is 0 Å². The lowest BCUT2D eigenvalue weighted by Crippen LogP contribution is -2.47. The van der Waals surface area contributed by atoms with E-state index in [1.54, 1.807) is 0 Å². The Kier molecular flexibility index (Phi) is 7.62. The molecule has 27 heavy (non-hydrogen) atoms. The molecule has 7 heteroatoms. The topological polar surface area (TPSA) is 79.9 Å². The number of amides is 3. The van der Waals surface area contributed by atoms with E-state index >= 15 is 0 Å². The largest absolute Gasteiger partial charge is 0.377 e. The van der Waals surface area contributed by atoms with E-state index < -0.39 is 6.03 Å². The molecule has 2 aliphatic rings. The molecule has 3 rings (SSSR count). The predicted octanol–water partition coefficient (Wildman–Crippen LogP) is 1.67. The number of urea groups is 1. The summed E-state index contributed by atoms with van der Waals surface area (Å²) in [6.07, 6.45) is 4.47. The fraction of sp³-hybridized carbons (Fsp3) is 0.600. The summed E-state index contributed by atoms with van der Waals surface area (Å²) in [6.45, 7) is 3.50. The first kappa shape index (κ1) is 19.8. The summed E-state index contributed by atoms with van der Waals surface area (Å²) in [6, 6.07) is 9.12. The summed E-state index contributed by atoms with van der Waals surface area (Å²) in [5.74, 6) is -0.309. The molecule has 2 atom stereocenters. The molecule has 3 amide bonds. The van der Waals surface area contributed by atoms with Gasteiger partial charge in [0.1, 0.15) is 0 Å². The molecule has 0 bridgehead atoms. The second-order valence-electron chi connectivity index (χ2n) is 7.18. The summed E-state index contributed by atoms with van der Waals surface area (Å²) in [5, 5.41) is 5.13. The van der Waals surface area contributed by atoms with Crippen molar-refractivity contribution < 1.29 is 19.1 Å². The van der Waals surface area contributed by atoms with Crippen LogP contribution in [-0.2, 0) is 20.8 Å². The van der Waals surface area contributed by atoms with Gasteiger partial charge in [-0.15, -0.1) is 0 Å². The normalized spacial score (nSPS) is 22.1. The zero-order chi connectivity index (χ0) is 18.9. The van der Waals surface area contributed by atoms with Gasteiger partial charge in [0.2, 0.25) is 5.91 Å². The molecule has 2 fully saturated rings. The van der Waals surface area contributed by atoms with Crippen LogP contribution in [0.4, 0.5) is 4.79 Å². The van der Waals surface area contributed by atoms with E-state index in [1.807, 2.05) is 35.2 Å². The van der Waals surface area contributed by atoms with Gasteiger partial charge in [-0.1, -0.05) is 30.3 Å². The Balaban J connectivity index is 1.44. The van der Waals surface area contributed by atoms with Gasteiger partial charge in [-0.2, -0.15) is 0 Å². The molecule has 0 spiro atoms. The van der Waals surface area contributed by atoms with E-state index in [0.29, 0.717) is 19.6 Å². The molecule has 0 unspecified atom stereocenters. The van der Waals surface area contributed by atoms with Crippen molar-refractivity contribution in [2.45, 2.75) is 44.4 Å². The molecule has 0 aromatic heterocycles. The first-order chi connectivity index (χ1) is 13.2. The average molecular weight is 375 g/mol. The quantitative estimate of drug-likeness (QED) is 0.723. The third kappa shape index (κ3) is 6.93. The Morgan fingerprint density at radius 3 is 2.19 bits per heavy atom. The number of benzene rings is 1. The zero-order valence-electron chi connectivity index (χ0n) is 15.7. The molecule has 1 aromatic carbocycles. The number of rotatable bonds is 8. The van der Waals surface area contributed by atoms with Crippen molar-refractivity contribution in [1.29, 1.82) is 0 Å². The van der Waals surface area contributed by atoms with Crippen LogP contribution in [0.2, 0.25) is 0 Å². The van der Waals surface area contributed by atoms with Gasteiger partial charge in [0.25, 0.3) is 0 Å². The first-order valence-electron chi connectivity index (χ1n) is 9.76. The van der Waals surface area contributed by atoms with Crippen molar-refractivity contribution in [2.75, 3.05) is 32.8 Å². The maximum Gasteiger partial charge on any atom is 0.321 e. The summed E-state index contributed by atoms with van der Waals surface area (Å²) in [7, 11) is 0. The van der Waals surface area contributed by atoms with Crippen LogP contribution in [0.15, 0.2) is 30.3 Å². The van der Waals surface area contributed by atoms with Gasteiger partial charge in [-0.25, -0.2) is 4.79 Å². The second-order valence-corrected chi connectivity index (χ2v) is 7.18. The van der Waals surface area contributed by atoms with Gasteiger partial charge < -0.3 is 14.8 Å². The zero-order valence-corrected chi connectivity index (χ0v) is 15.7. The number of hydrogen-bond donors (Lipinski definition) is 2. The van der Waals surface area contributed by atoms with Crippen molar-refractivity contribution in [3.63, 3.8) is 0 Å². The highest BCUT2D eigenvalue weighted by molar-refractivity contribution is 5.95. The molecule has 0 radical (unpaired) electrons. The fourth-order valence-corrected chi connectivity index (χ4v) is 3.55. The summed E-state index contributed by atoms with van der Waals surface area (Å²) in [5.41, 5.74) is 0.985. The van der Waals surface area contributed by atoms with Crippen LogP contribution in [0.5, 0.6) is 0 Å². The van der Waals surface area contributed by atoms with Crippen molar-refractivity contribution in [1.82, 2.24) is 15.5 Å². The second kappa shape index (κ2) is 10.4. The summed E-state index contributed by atoms with van der Waals surface area (Å²) >= 11 is 0. The highest BCUT2D eigenvalue weighted by Gasteiger charge is 2.25. The lowest BCUT2D eigenvalue weighted by molar-refractivity contribution is -0.121. The Morgan fingerprint density at radius 1 is 1.00 bits per heavy atom. The minimum atomic E-state index is -0.474. The van der Waals surface area contributed by atoms with E-state index in [0.717, 1.165) is 44.5 Å². The predicted molar refractivity (Wildman–Crippen MR) is 101 cm³/mol. The Bertz CT molecular complexity index is 581. The Labute approximate surface area is 160 Å². The highest BCUT2D eigenvalue weighted by atomic mass is 16.5. The lowest BCUT2D eigenvalue weighted by atomic mass is 10.2. The fourth-order valence-electron chi connectivity index (χ4n) is 3.55. The number of carbonyl (C=O) groups is 2. The van der Waals surface area contributed by atoms with Crippen molar-refractivity contribution >= 4 is 11.9 Å². The number of nitrogens with zero attached hydrogens (tertiary/aromatic N) is 1. The number of carbonyl (C=O) groups excluding carboxylic acids is 2. The number of nitrogens with one attached hydrogen (secondary N) is 2. The van der Waals surface area contributed by atoms with Gasteiger partial charge in [-0.05, 0) is 31.2 Å². The Morgan fingerprint density at radius 2 is 1.63 bits per heavy atom. The van der Waals surface area contributed by atoms with Crippen LogP contribution < -0.4 is 10.6 Å². The molecule has 148 valence electrons. The van der Waals surface area contributed by atoms with Gasteiger partial charge in [0, 0.05) is 32.8 Å². The van der Waals surface area contributed by atoms with Crippen LogP contribution in [-0.4, -0.2) is 61.9 Å². The molecule has 1 aromatic rings. The molecule has 2 saturated heterocycles. The van der Waals surface area contributed by atoms with Crippen molar-refractivity contribution in [2.24, 2.45) is 0 Å². The standard InChI is InChI=1S/C20H29N3O4/c24-19(22-20(25)21-12-16-6-2-1-3-7-16)15-23(13-17-8-4-10-26-17)14-18-9-5-11-27-18/h1-3,6-7,17-18H,4-5,8-15H2,(H2,21,22,24,25)/t17-,18+. The van der Waals surface area contributed by atoms with E-state index in [4.69, 9.17) is 9.47 Å². The molecule has 7 nitrogen and oxygen atoms in total. The molecule has 2 N–H and O–H groups in total. The average Bonchev–Trinajstić information content (AvgIpc) is 3.35. The summed E-state index contributed by atoms with van der Waals surface area (Å²) in [4.78, 5) is 26.4. The number of imide groups is 1. The maximum absolute atomic E-state index is 12.3. The smallest absolute Gasteiger partial charge is 0.321 e. The van der Waals surface area contributed by atoms with Crippen LogP contribution in [0.25, 0.3) is 0 Å². The maximum atomic E-state index is 12.3. The molecular weight excluding hydrogens is 346 g/mol. The van der Waals surface area contributed by atoms with Crippen molar-refractivity contribution in [3.8, 4) is 0 Å². The molecule has 0 saturated carbocycles. The molecule has 2 aliphatic heterocycles. The van der Waals surface area contributed by atoms with E-state index in [-0.39, 0.29) is 24.7 Å². The van der Waals surface area contributed by atoms with Gasteiger partial charge >= 0.3 is 6.03 Å². The summed E-state index contributed by atoms with van der Waals surface area (Å²) < 4.78 is 11.4. The van der Waals surface area contributed by atoms with Gasteiger partial charge in [-0.3, -0.25) is 15.0 Å². The van der Waals surface area contributed by atoms with Crippen LogP contribution >= 0.6 is 0 Å². The highest BCUT2D eigenvalue weighted by Crippen LogP contribution is 2.17. The van der Waals surface area contributed by atoms with Crippen molar-refractivity contribution in [3.05, 3.63) is 35.9 Å². The van der Waals surface area contributed by atoms with Gasteiger partial charge in [0.05, 0.1) is 18.8 Å². The molecule has 2 heterocycles. The third-order valence-corrected chi connectivity index (χ3v) is 4.89. The van der Waals surface area contributed by atoms with E-state index in [1.165, 1.54) is 0 Å². The van der Waals surface area contributed by atoms with E-state index in [9.17, 15) is 9.59 Å². The minimum Gasteiger partial charge on any atom is -0.377 e. The van der Waals surface area contributed by atoms with E-state index in [2.05, 4.69) is 10.6 Å². The minimum absolute atomic E-state index is 0.158. The lowest BCUT2D eigenvalue weighted by Gasteiger charge is -2.26. The number of hydrogen-bond acceptors (Lipinski definition) is 5. The van der Waals surface area contributed by atoms with Crippen LogP contribution in [0.1, 0.15) is 31.2 Å². The Hall–Kier alpha value is -1.96. The van der Waals surface area contributed by atoms with Crippen LogP contribution in [0.3, 0.4) is 0 Å². The van der Waals surface area contributed by atoms with Crippen LogP contribution in [0, 0.1) is 0 Å². The molecule has 0 aliphatic carbocycles. The monoisotopic (exact) mass is 375 g/mol. The first-order valence-corrected chi connectivity index (χ1v) is 9.76.